The first-order valence-corrected chi connectivity index (χ1v) is 11.3. The first kappa shape index (κ1) is 21.8. The molecule has 0 spiro atoms. The standard InChI is InChI=1S/C23H17ClN6O3S/c1-12-27-21(30-34-12)16-9-13(3-5-17(16)24)28-23-29-18-10-14(4-6-20(18)33-23)32-15-7-8-26-19(11-15)22(31)25-2/h3-11H,1-2H3,(H,25,31)(H,28,29). The number of oxazole rings is 1. The molecular weight excluding hydrogens is 476 g/mol. The van der Waals surface area contributed by atoms with Crippen LogP contribution in [0, 0.1) is 6.92 Å². The fourth-order valence-electron chi connectivity index (χ4n) is 3.19. The molecule has 9 nitrogen and oxygen atoms in total. The number of hydrogen-bond donors (Lipinski definition) is 2. The second-order valence-electron chi connectivity index (χ2n) is 7.16. The van der Waals surface area contributed by atoms with E-state index in [0.717, 1.165) is 16.3 Å². The van der Waals surface area contributed by atoms with E-state index in [2.05, 4.69) is 30.0 Å². The van der Waals surface area contributed by atoms with Crippen molar-refractivity contribution < 1.29 is 13.9 Å². The number of nitrogens with one attached hydrogen (secondary N) is 2. The van der Waals surface area contributed by atoms with Gasteiger partial charge in [-0.05, 0) is 54.9 Å². The molecule has 0 fully saturated rings. The molecule has 0 bridgehead atoms. The molecule has 0 atom stereocenters. The molecule has 2 N–H and O–H groups in total. The monoisotopic (exact) mass is 492 g/mol. The molecule has 11 heteroatoms. The highest BCUT2D eigenvalue weighted by Crippen LogP contribution is 2.32. The van der Waals surface area contributed by atoms with Crippen molar-refractivity contribution in [3.05, 3.63) is 70.5 Å². The van der Waals surface area contributed by atoms with Crippen molar-refractivity contribution in [3.8, 4) is 22.9 Å². The van der Waals surface area contributed by atoms with Gasteiger partial charge in [0.25, 0.3) is 11.9 Å². The van der Waals surface area contributed by atoms with E-state index in [-0.39, 0.29) is 11.6 Å². The van der Waals surface area contributed by atoms with Crippen LogP contribution in [0.15, 0.2) is 59.1 Å². The Morgan fingerprint density at radius 3 is 2.74 bits per heavy atom. The first-order valence-electron chi connectivity index (χ1n) is 10.1. The topological polar surface area (TPSA) is 115 Å². The molecule has 170 valence electrons. The van der Waals surface area contributed by atoms with E-state index in [1.165, 1.54) is 17.7 Å². The minimum Gasteiger partial charge on any atom is -0.457 e. The van der Waals surface area contributed by atoms with Crippen LogP contribution in [0.2, 0.25) is 5.02 Å². The van der Waals surface area contributed by atoms with Crippen molar-refractivity contribution >= 4 is 51.8 Å². The number of anilines is 2. The minimum absolute atomic E-state index is 0.263. The number of aromatic nitrogens is 4. The Hall–Kier alpha value is -4.02. The number of rotatable bonds is 6. The molecule has 5 rings (SSSR count). The van der Waals surface area contributed by atoms with E-state index < -0.39 is 0 Å². The van der Waals surface area contributed by atoms with Gasteiger partial charge in [0.2, 0.25) is 0 Å². The number of nitrogens with zero attached hydrogens (tertiary/aromatic N) is 4. The van der Waals surface area contributed by atoms with E-state index in [1.807, 2.05) is 19.1 Å². The molecular formula is C23H17ClN6O3S. The zero-order valence-electron chi connectivity index (χ0n) is 18.0. The molecule has 0 aliphatic rings. The van der Waals surface area contributed by atoms with Gasteiger partial charge in [-0.2, -0.15) is 9.36 Å². The molecule has 3 heterocycles. The first-order chi connectivity index (χ1) is 16.5. The summed E-state index contributed by atoms with van der Waals surface area (Å²) in [6.45, 7) is 1.89. The molecule has 0 saturated carbocycles. The number of carbonyl (C=O) groups is 1. The maximum absolute atomic E-state index is 11.8. The second kappa shape index (κ2) is 9.08. The predicted molar refractivity (Wildman–Crippen MR) is 130 cm³/mol. The number of amides is 1. The van der Waals surface area contributed by atoms with E-state index in [9.17, 15) is 4.79 Å². The van der Waals surface area contributed by atoms with Gasteiger partial charge in [0, 0.05) is 36.6 Å². The number of carbonyl (C=O) groups excluding carboxylic acids is 1. The van der Waals surface area contributed by atoms with Crippen LogP contribution in [0.5, 0.6) is 11.5 Å². The van der Waals surface area contributed by atoms with Gasteiger partial charge in [0.15, 0.2) is 11.4 Å². The normalized spacial score (nSPS) is 10.9. The van der Waals surface area contributed by atoms with Crippen molar-refractivity contribution in [3.63, 3.8) is 0 Å². The SMILES string of the molecule is CNC(=O)c1cc(Oc2ccc3oc(Nc4ccc(Cl)c(-c5nsc(C)n5)c4)nc3c2)ccn1. The highest BCUT2D eigenvalue weighted by atomic mass is 35.5. The summed E-state index contributed by atoms with van der Waals surface area (Å²) in [5.41, 5.74) is 2.90. The lowest BCUT2D eigenvalue weighted by Crippen LogP contribution is -2.18. The van der Waals surface area contributed by atoms with Crippen molar-refractivity contribution in [2.75, 3.05) is 12.4 Å². The van der Waals surface area contributed by atoms with Crippen molar-refractivity contribution in [2.45, 2.75) is 6.92 Å². The Labute approximate surface area is 203 Å². The van der Waals surface area contributed by atoms with Gasteiger partial charge in [0.05, 0.1) is 5.02 Å². The lowest BCUT2D eigenvalue weighted by molar-refractivity contribution is 0.0958. The van der Waals surface area contributed by atoms with Crippen LogP contribution in [0.25, 0.3) is 22.5 Å². The molecule has 1 amide bonds. The van der Waals surface area contributed by atoms with Gasteiger partial charge in [-0.15, -0.1) is 0 Å². The molecule has 5 aromatic rings. The molecule has 34 heavy (non-hydrogen) atoms. The zero-order valence-corrected chi connectivity index (χ0v) is 19.6. The molecule has 0 radical (unpaired) electrons. The number of halogens is 1. The predicted octanol–water partition coefficient (Wildman–Crippen LogP) is 5.60. The van der Waals surface area contributed by atoms with Crippen LogP contribution in [0.1, 0.15) is 15.5 Å². The molecule has 2 aromatic carbocycles. The average molecular weight is 493 g/mol. The lowest BCUT2D eigenvalue weighted by atomic mass is 10.2. The van der Waals surface area contributed by atoms with Crippen LogP contribution in [0.3, 0.4) is 0 Å². The summed E-state index contributed by atoms with van der Waals surface area (Å²) in [6.07, 6.45) is 1.51. The van der Waals surface area contributed by atoms with Crippen molar-refractivity contribution in [1.29, 1.82) is 0 Å². The molecule has 0 aliphatic carbocycles. The fourth-order valence-corrected chi connectivity index (χ4v) is 3.88. The Morgan fingerprint density at radius 2 is 1.94 bits per heavy atom. The smallest absolute Gasteiger partial charge is 0.300 e. The summed E-state index contributed by atoms with van der Waals surface area (Å²) in [6, 6.07) is 14.3. The van der Waals surface area contributed by atoms with E-state index in [0.29, 0.717) is 39.5 Å². The second-order valence-corrected chi connectivity index (χ2v) is 8.53. The summed E-state index contributed by atoms with van der Waals surface area (Å²) in [4.78, 5) is 24.7. The Kier molecular flexibility index (Phi) is 5.83. The number of ether oxygens (including phenoxy) is 1. The Balaban J connectivity index is 1.37. The van der Waals surface area contributed by atoms with Gasteiger partial charge >= 0.3 is 0 Å². The summed E-state index contributed by atoms with van der Waals surface area (Å²) in [5, 5.41) is 7.10. The summed E-state index contributed by atoms with van der Waals surface area (Å²) < 4.78 is 16.0. The van der Waals surface area contributed by atoms with E-state index >= 15 is 0 Å². The van der Waals surface area contributed by atoms with E-state index in [4.69, 9.17) is 20.8 Å². The van der Waals surface area contributed by atoms with Crippen LogP contribution in [-0.4, -0.2) is 32.3 Å². The molecule has 3 aromatic heterocycles. The maximum atomic E-state index is 11.8. The van der Waals surface area contributed by atoms with Gasteiger partial charge in [-0.3, -0.25) is 9.78 Å². The minimum atomic E-state index is -0.292. The molecule has 0 unspecified atom stereocenters. The number of aryl methyl sites for hydroxylation is 1. The largest absolute Gasteiger partial charge is 0.457 e. The van der Waals surface area contributed by atoms with Crippen molar-refractivity contribution in [1.82, 2.24) is 24.6 Å². The Morgan fingerprint density at radius 1 is 1.09 bits per heavy atom. The highest BCUT2D eigenvalue weighted by molar-refractivity contribution is 7.05. The number of fused-ring (bicyclic) bond motifs is 1. The third-order valence-corrected chi connectivity index (χ3v) is 5.72. The number of hydrogen-bond acceptors (Lipinski definition) is 9. The van der Waals surface area contributed by atoms with Crippen LogP contribution < -0.4 is 15.4 Å². The fraction of sp³-hybridized carbons (Fsp3) is 0.0870. The van der Waals surface area contributed by atoms with Gasteiger partial charge < -0.3 is 19.8 Å². The average Bonchev–Trinajstić information content (AvgIpc) is 3.45. The summed E-state index contributed by atoms with van der Waals surface area (Å²) in [7, 11) is 1.54. The maximum Gasteiger partial charge on any atom is 0.300 e. The van der Waals surface area contributed by atoms with Gasteiger partial charge in [-0.25, -0.2) is 4.98 Å². The Bertz CT molecular complexity index is 1520. The van der Waals surface area contributed by atoms with Crippen LogP contribution >= 0.6 is 23.1 Å². The van der Waals surface area contributed by atoms with Crippen molar-refractivity contribution in [2.24, 2.45) is 0 Å². The van der Waals surface area contributed by atoms with Crippen LogP contribution in [-0.2, 0) is 0 Å². The summed E-state index contributed by atoms with van der Waals surface area (Å²) >= 11 is 7.66. The van der Waals surface area contributed by atoms with E-state index in [1.54, 1.807) is 43.4 Å². The van der Waals surface area contributed by atoms with Gasteiger partial charge in [0.1, 0.15) is 27.7 Å². The molecule has 0 saturated heterocycles. The molecule has 0 aliphatic heterocycles. The number of benzene rings is 2. The number of pyridine rings is 1. The zero-order chi connectivity index (χ0) is 23.7. The lowest BCUT2D eigenvalue weighted by Gasteiger charge is -2.06. The van der Waals surface area contributed by atoms with Crippen LogP contribution in [0.4, 0.5) is 11.7 Å². The third kappa shape index (κ3) is 4.54. The third-order valence-electron chi connectivity index (χ3n) is 4.77. The van der Waals surface area contributed by atoms with Gasteiger partial charge in [-0.1, -0.05) is 11.6 Å². The highest BCUT2D eigenvalue weighted by Gasteiger charge is 2.13. The summed E-state index contributed by atoms with van der Waals surface area (Å²) in [5.74, 6) is 1.31. The quantitative estimate of drug-likeness (QED) is 0.315.